The highest BCUT2D eigenvalue weighted by Crippen LogP contribution is 2.40. The van der Waals surface area contributed by atoms with Gasteiger partial charge >= 0.3 is 5.97 Å². The number of esters is 1. The number of ether oxygens (including phenoxy) is 1. The molecule has 2 aliphatic rings. The van der Waals surface area contributed by atoms with Crippen molar-refractivity contribution in [3.63, 3.8) is 0 Å². The van der Waals surface area contributed by atoms with E-state index in [1.54, 1.807) is 13.8 Å². The van der Waals surface area contributed by atoms with E-state index in [1.165, 1.54) is 6.92 Å². The van der Waals surface area contributed by atoms with E-state index in [-0.39, 0.29) is 35.9 Å². The summed E-state index contributed by atoms with van der Waals surface area (Å²) in [6.45, 7) is 4.56. The highest BCUT2D eigenvalue weighted by Gasteiger charge is 2.42. The summed E-state index contributed by atoms with van der Waals surface area (Å²) >= 11 is 0. The Balaban J connectivity index is 1.61. The minimum absolute atomic E-state index is 0.0258. The molecule has 1 heterocycles. The number of aromatic nitrogens is 1. The van der Waals surface area contributed by atoms with Crippen molar-refractivity contribution in [3.05, 3.63) is 22.5 Å². The van der Waals surface area contributed by atoms with Crippen LogP contribution in [0.5, 0.6) is 0 Å². The molecule has 6 nitrogen and oxygen atoms in total. The first-order chi connectivity index (χ1) is 12.3. The number of carbonyl (C=O) groups is 4. The fraction of sp³-hybridized carbons (Fsp3) is 0.600. The van der Waals surface area contributed by atoms with Gasteiger partial charge in [0.2, 0.25) is 5.78 Å². The first-order valence-electron chi connectivity index (χ1n) is 9.23. The van der Waals surface area contributed by atoms with E-state index >= 15 is 0 Å². The summed E-state index contributed by atoms with van der Waals surface area (Å²) < 4.78 is 5.26. The van der Waals surface area contributed by atoms with Crippen LogP contribution in [-0.2, 0) is 14.3 Å². The minimum Gasteiger partial charge on any atom is -0.457 e. The molecule has 2 aliphatic carbocycles. The highest BCUT2D eigenvalue weighted by atomic mass is 16.5. The second-order valence-electron chi connectivity index (χ2n) is 7.61. The molecule has 0 aromatic carbocycles. The molecule has 0 amide bonds. The second-order valence-corrected chi connectivity index (χ2v) is 7.61. The molecule has 0 saturated heterocycles. The van der Waals surface area contributed by atoms with Crippen molar-refractivity contribution < 1.29 is 23.9 Å². The lowest BCUT2D eigenvalue weighted by atomic mass is 9.67. The number of H-pyrrole nitrogens is 1. The van der Waals surface area contributed by atoms with Crippen LogP contribution >= 0.6 is 0 Å². The third-order valence-corrected chi connectivity index (χ3v) is 5.80. The number of fused-ring (bicyclic) bond motifs is 2. The predicted octanol–water partition coefficient (Wildman–Crippen LogP) is 2.96. The number of hydrogen-bond acceptors (Lipinski definition) is 5. The third-order valence-electron chi connectivity index (χ3n) is 5.80. The molecule has 0 radical (unpaired) electrons. The predicted molar refractivity (Wildman–Crippen MR) is 94.1 cm³/mol. The standard InChI is InChI=1S/C20H25NO5/c1-10-17(12(3)22)11(2)21-18(10)16(23)9-26-20(25)15-7-13-5-4-6-14(8-15)19(13)24/h13-15,21H,4-9H2,1-3H3/t13-,14-/m1/s1. The number of aryl methyl sites for hydroxylation is 1. The van der Waals surface area contributed by atoms with Crippen LogP contribution in [-0.4, -0.2) is 34.9 Å². The van der Waals surface area contributed by atoms with Gasteiger partial charge in [0.25, 0.3) is 0 Å². The summed E-state index contributed by atoms with van der Waals surface area (Å²) in [7, 11) is 0. The molecule has 0 unspecified atom stereocenters. The van der Waals surface area contributed by atoms with Crippen molar-refractivity contribution in [3.8, 4) is 0 Å². The minimum atomic E-state index is -0.393. The van der Waals surface area contributed by atoms with Crippen LogP contribution in [0.25, 0.3) is 0 Å². The SMILES string of the molecule is CC(=O)c1c(C)[nH]c(C(=O)COC(=O)C2C[C@H]3CCC[C@H](C2)C3=O)c1C. The van der Waals surface area contributed by atoms with Crippen LogP contribution in [0.3, 0.4) is 0 Å². The van der Waals surface area contributed by atoms with Gasteiger partial charge in [-0.2, -0.15) is 0 Å². The van der Waals surface area contributed by atoms with Crippen LogP contribution in [0.2, 0.25) is 0 Å². The summed E-state index contributed by atoms with van der Waals surface area (Å²) in [5.74, 6) is -0.898. The fourth-order valence-electron chi connectivity index (χ4n) is 4.56. The Kier molecular flexibility index (Phi) is 5.12. The maximum absolute atomic E-state index is 12.4. The number of aromatic amines is 1. The van der Waals surface area contributed by atoms with E-state index in [2.05, 4.69) is 4.98 Å². The first-order valence-corrected chi connectivity index (χ1v) is 9.23. The number of hydrogen-bond donors (Lipinski definition) is 1. The van der Waals surface area contributed by atoms with Gasteiger partial charge in [0.05, 0.1) is 11.6 Å². The zero-order valence-electron chi connectivity index (χ0n) is 15.5. The molecular formula is C20H25NO5. The number of rotatable bonds is 5. The van der Waals surface area contributed by atoms with Crippen molar-refractivity contribution in [2.75, 3.05) is 6.61 Å². The van der Waals surface area contributed by atoms with Gasteiger partial charge in [-0.15, -0.1) is 0 Å². The Morgan fingerprint density at radius 2 is 1.73 bits per heavy atom. The molecule has 0 aliphatic heterocycles. The summed E-state index contributed by atoms with van der Waals surface area (Å²) in [4.78, 5) is 51.5. The van der Waals surface area contributed by atoms with E-state index in [4.69, 9.17) is 4.74 Å². The van der Waals surface area contributed by atoms with Crippen LogP contribution < -0.4 is 0 Å². The molecule has 1 aromatic heterocycles. The van der Waals surface area contributed by atoms with Gasteiger partial charge in [0.15, 0.2) is 12.4 Å². The van der Waals surface area contributed by atoms with Gasteiger partial charge < -0.3 is 9.72 Å². The van der Waals surface area contributed by atoms with Crippen molar-refractivity contribution in [2.24, 2.45) is 17.8 Å². The summed E-state index contributed by atoms with van der Waals surface area (Å²) in [6.07, 6.45) is 3.83. The average molecular weight is 359 g/mol. The van der Waals surface area contributed by atoms with Gasteiger partial charge in [-0.1, -0.05) is 6.42 Å². The largest absolute Gasteiger partial charge is 0.457 e. The van der Waals surface area contributed by atoms with Gasteiger partial charge in [-0.25, -0.2) is 0 Å². The van der Waals surface area contributed by atoms with E-state index in [9.17, 15) is 19.2 Å². The zero-order valence-corrected chi connectivity index (χ0v) is 15.5. The fourth-order valence-corrected chi connectivity index (χ4v) is 4.56. The molecular weight excluding hydrogens is 334 g/mol. The lowest BCUT2D eigenvalue weighted by Crippen LogP contribution is -2.39. The van der Waals surface area contributed by atoms with E-state index in [0.29, 0.717) is 41.1 Å². The monoisotopic (exact) mass is 359 g/mol. The van der Waals surface area contributed by atoms with Crippen molar-refractivity contribution in [1.29, 1.82) is 0 Å². The Morgan fingerprint density at radius 1 is 1.12 bits per heavy atom. The van der Waals surface area contributed by atoms with Crippen molar-refractivity contribution in [1.82, 2.24) is 4.98 Å². The van der Waals surface area contributed by atoms with E-state index in [0.717, 1.165) is 19.3 Å². The lowest BCUT2D eigenvalue weighted by molar-refractivity contribution is -0.152. The molecule has 2 fully saturated rings. The molecule has 6 heteroatoms. The van der Waals surface area contributed by atoms with Crippen LogP contribution in [0, 0.1) is 31.6 Å². The topological polar surface area (TPSA) is 93.3 Å². The average Bonchev–Trinajstić information content (AvgIpc) is 2.86. The summed E-state index contributed by atoms with van der Waals surface area (Å²) in [5.41, 5.74) is 2.06. The number of carbonyl (C=O) groups excluding carboxylic acids is 4. The molecule has 2 saturated carbocycles. The number of Topliss-reactive ketones (excluding diaryl/α,β-unsaturated/α-hetero) is 3. The van der Waals surface area contributed by atoms with Crippen molar-refractivity contribution >= 4 is 23.3 Å². The molecule has 1 aromatic rings. The first kappa shape index (κ1) is 18.5. The highest BCUT2D eigenvalue weighted by molar-refractivity contribution is 6.04. The number of ketones is 3. The Morgan fingerprint density at radius 3 is 2.27 bits per heavy atom. The Labute approximate surface area is 152 Å². The summed E-state index contributed by atoms with van der Waals surface area (Å²) in [5, 5.41) is 0. The van der Waals surface area contributed by atoms with Gasteiger partial charge in [-0.3, -0.25) is 19.2 Å². The van der Waals surface area contributed by atoms with Gasteiger partial charge in [-0.05, 0) is 52.0 Å². The normalized spacial score (nSPS) is 25.0. The lowest BCUT2D eigenvalue weighted by Gasteiger charge is -2.36. The maximum atomic E-state index is 12.4. The van der Waals surface area contributed by atoms with Gasteiger partial charge in [0, 0.05) is 23.1 Å². The van der Waals surface area contributed by atoms with E-state index in [1.807, 2.05) is 0 Å². The molecule has 2 bridgehead atoms. The summed E-state index contributed by atoms with van der Waals surface area (Å²) in [6, 6.07) is 0. The Hall–Kier alpha value is -2.24. The molecule has 26 heavy (non-hydrogen) atoms. The second kappa shape index (κ2) is 7.17. The smallest absolute Gasteiger partial charge is 0.309 e. The Bertz CT molecular complexity index is 759. The third kappa shape index (κ3) is 3.37. The molecule has 1 N–H and O–H groups in total. The molecule has 0 spiro atoms. The van der Waals surface area contributed by atoms with Crippen LogP contribution in [0.15, 0.2) is 0 Å². The van der Waals surface area contributed by atoms with E-state index < -0.39 is 5.97 Å². The van der Waals surface area contributed by atoms with Crippen LogP contribution in [0.1, 0.15) is 71.1 Å². The maximum Gasteiger partial charge on any atom is 0.309 e. The van der Waals surface area contributed by atoms with Crippen molar-refractivity contribution in [2.45, 2.75) is 52.9 Å². The molecule has 2 atom stereocenters. The molecule has 3 rings (SSSR count). The quantitative estimate of drug-likeness (QED) is 0.644. The van der Waals surface area contributed by atoms with Gasteiger partial charge in [0.1, 0.15) is 5.78 Å². The number of nitrogens with one attached hydrogen (secondary N) is 1. The van der Waals surface area contributed by atoms with Crippen LogP contribution in [0.4, 0.5) is 0 Å². The molecule has 140 valence electrons. The zero-order chi connectivity index (χ0) is 19.0.